The summed E-state index contributed by atoms with van der Waals surface area (Å²) in [5.41, 5.74) is 6.76. The van der Waals surface area contributed by atoms with E-state index >= 15 is 0 Å². The first-order valence-corrected chi connectivity index (χ1v) is 8.68. The van der Waals surface area contributed by atoms with Crippen molar-refractivity contribution in [3.8, 4) is 0 Å². The summed E-state index contributed by atoms with van der Waals surface area (Å²) in [4.78, 5) is 14.6. The van der Waals surface area contributed by atoms with Gasteiger partial charge >= 0.3 is 0 Å². The first-order chi connectivity index (χ1) is 9.61. The summed E-state index contributed by atoms with van der Waals surface area (Å²) in [7, 11) is 0. The highest BCUT2D eigenvalue weighted by Crippen LogP contribution is 2.44. The fraction of sp³-hybridized carbons (Fsp3) is 0.941. The van der Waals surface area contributed by atoms with Crippen LogP contribution < -0.4 is 5.73 Å². The fourth-order valence-corrected chi connectivity index (χ4v) is 4.70. The lowest BCUT2D eigenvalue weighted by atomic mass is 9.68. The molecule has 3 aliphatic rings. The van der Waals surface area contributed by atoms with E-state index in [9.17, 15) is 4.79 Å². The molecule has 3 nitrogen and oxygen atoms in total. The van der Waals surface area contributed by atoms with Gasteiger partial charge in [-0.1, -0.05) is 32.1 Å². The molecule has 0 aromatic rings. The van der Waals surface area contributed by atoms with Crippen LogP contribution in [0.1, 0.15) is 77.0 Å². The molecular formula is C17H30N2O. The number of nitrogens with two attached hydrogens (primary N) is 1. The first kappa shape index (κ1) is 14.4. The van der Waals surface area contributed by atoms with Crippen molar-refractivity contribution in [3.63, 3.8) is 0 Å². The topological polar surface area (TPSA) is 46.3 Å². The highest BCUT2D eigenvalue weighted by Gasteiger charge is 2.38. The lowest BCUT2D eigenvalue weighted by Crippen LogP contribution is -2.48. The van der Waals surface area contributed by atoms with Gasteiger partial charge in [0.25, 0.3) is 0 Å². The van der Waals surface area contributed by atoms with Gasteiger partial charge in [0.05, 0.1) is 0 Å². The Hall–Kier alpha value is -0.570. The van der Waals surface area contributed by atoms with Crippen LogP contribution >= 0.6 is 0 Å². The van der Waals surface area contributed by atoms with Gasteiger partial charge in [0.2, 0.25) is 5.91 Å². The molecule has 0 atom stereocenters. The van der Waals surface area contributed by atoms with E-state index in [1.54, 1.807) is 0 Å². The Kier molecular flexibility index (Phi) is 4.07. The molecule has 1 spiro atoms. The van der Waals surface area contributed by atoms with Gasteiger partial charge in [0.15, 0.2) is 0 Å². The van der Waals surface area contributed by atoms with Gasteiger partial charge in [-0.05, 0) is 43.9 Å². The van der Waals surface area contributed by atoms with Crippen molar-refractivity contribution in [2.45, 2.75) is 82.6 Å². The van der Waals surface area contributed by atoms with E-state index < -0.39 is 0 Å². The Morgan fingerprint density at radius 3 is 2.00 bits per heavy atom. The molecule has 1 heterocycles. The van der Waals surface area contributed by atoms with Crippen LogP contribution in [0.5, 0.6) is 0 Å². The summed E-state index contributed by atoms with van der Waals surface area (Å²) in [6, 6.07) is 0. The van der Waals surface area contributed by atoms with Gasteiger partial charge in [0.1, 0.15) is 0 Å². The highest BCUT2D eigenvalue weighted by atomic mass is 16.2. The average molecular weight is 278 g/mol. The Morgan fingerprint density at radius 2 is 1.40 bits per heavy atom. The van der Waals surface area contributed by atoms with Crippen molar-refractivity contribution in [3.05, 3.63) is 0 Å². The third-order valence-corrected chi connectivity index (χ3v) is 6.19. The van der Waals surface area contributed by atoms with Gasteiger partial charge in [-0.3, -0.25) is 4.79 Å². The summed E-state index contributed by atoms with van der Waals surface area (Å²) < 4.78 is 0. The van der Waals surface area contributed by atoms with Crippen LogP contribution in [0.15, 0.2) is 0 Å². The number of amides is 1. The zero-order valence-corrected chi connectivity index (χ0v) is 12.8. The normalized spacial score (nSPS) is 28.8. The Morgan fingerprint density at radius 1 is 0.850 bits per heavy atom. The van der Waals surface area contributed by atoms with E-state index in [-0.39, 0.29) is 5.54 Å². The van der Waals surface area contributed by atoms with Gasteiger partial charge in [-0.15, -0.1) is 0 Å². The van der Waals surface area contributed by atoms with Crippen LogP contribution in [0.25, 0.3) is 0 Å². The lowest BCUT2D eigenvalue weighted by molar-refractivity contribution is -0.135. The second kappa shape index (κ2) is 5.67. The van der Waals surface area contributed by atoms with Gasteiger partial charge < -0.3 is 10.6 Å². The molecule has 114 valence electrons. The van der Waals surface area contributed by atoms with Crippen molar-refractivity contribution in [1.29, 1.82) is 0 Å². The summed E-state index contributed by atoms with van der Waals surface area (Å²) in [5, 5.41) is 0. The van der Waals surface area contributed by atoms with E-state index in [4.69, 9.17) is 5.73 Å². The van der Waals surface area contributed by atoms with Crippen molar-refractivity contribution in [1.82, 2.24) is 4.90 Å². The molecule has 2 saturated carbocycles. The predicted molar refractivity (Wildman–Crippen MR) is 81.3 cm³/mol. The first-order valence-electron chi connectivity index (χ1n) is 8.68. The number of nitrogens with zero attached hydrogens (tertiary/aromatic N) is 1. The average Bonchev–Trinajstić information content (AvgIpc) is 2.87. The monoisotopic (exact) mass is 278 g/mol. The molecule has 0 radical (unpaired) electrons. The second-order valence-electron chi connectivity index (χ2n) is 7.69. The van der Waals surface area contributed by atoms with Crippen LogP contribution in [0.3, 0.4) is 0 Å². The SMILES string of the molecule is NC1(CC(=O)N2CCC3(CCCCC3)CC2)CCCC1. The van der Waals surface area contributed by atoms with Crippen molar-refractivity contribution < 1.29 is 4.79 Å². The number of carbonyl (C=O) groups is 1. The molecule has 1 saturated heterocycles. The molecule has 20 heavy (non-hydrogen) atoms. The molecule has 1 amide bonds. The third-order valence-electron chi connectivity index (χ3n) is 6.19. The quantitative estimate of drug-likeness (QED) is 0.843. The Bertz CT molecular complexity index is 344. The standard InChI is InChI=1S/C17H30N2O/c18-17(8-4-5-9-17)14-15(20)19-12-10-16(11-13-19)6-2-1-3-7-16/h1-14,18H2. The van der Waals surface area contributed by atoms with Crippen molar-refractivity contribution >= 4 is 5.91 Å². The maximum atomic E-state index is 12.5. The zero-order valence-electron chi connectivity index (χ0n) is 12.8. The van der Waals surface area contributed by atoms with Crippen LogP contribution in [-0.2, 0) is 4.79 Å². The summed E-state index contributed by atoms with van der Waals surface area (Å²) in [6.07, 6.45) is 14.5. The minimum absolute atomic E-state index is 0.183. The molecular weight excluding hydrogens is 248 g/mol. The van der Waals surface area contributed by atoms with E-state index in [2.05, 4.69) is 4.90 Å². The summed E-state index contributed by atoms with van der Waals surface area (Å²) in [5.74, 6) is 0.319. The van der Waals surface area contributed by atoms with Gasteiger partial charge in [-0.25, -0.2) is 0 Å². The smallest absolute Gasteiger partial charge is 0.224 e. The number of hydrogen-bond acceptors (Lipinski definition) is 2. The maximum Gasteiger partial charge on any atom is 0.224 e. The largest absolute Gasteiger partial charge is 0.343 e. The van der Waals surface area contributed by atoms with E-state index in [0.29, 0.717) is 17.7 Å². The number of piperidine rings is 1. The summed E-state index contributed by atoms with van der Waals surface area (Å²) in [6.45, 7) is 1.96. The summed E-state index contributed by atoms with van der Waals surface area (Å²) >= 11 is 0. The molecule has 3 rings (SSSR count). The molecule has 2 N–H and O–H groups in total. The lowest BCUT2D eigenvalue weighted by Gasteiger charge is -2.44. The molecule has 2 aliphatic carbocycles. The molecule has 0 unspecified atom stereocenters. The number of rotatable bonds is 2. The molecule has 0 aromatic heterocycles. The molecule has 1 aliphatic heterocycles. The fourth-order valence-electron chi connectivity index (χ4n) is 4.70. The minimum atomic E-state index is -0.183. The maximum absolute atomic E-state index is 12.5. The van der Waals surface area contributed by atoms with Crippen LogP contribution in [0, 0.1) is 5.41 Å². The second-order valence-corrected chi connectivity index (χ2v) is 7.69. The van der Waals surface area contributed by atoms with Crippen LogP contribution in [0.2, 0.25) is 0 Å². The number of carbonyl (C=O) groups excluding carboxylic acids is 1. The third kappa shape index (κ3) is 3.03. The number of hydrogen-bond donors (Lipinski definition) is 1. The van der Waals surface area contributed by atoms with E-state index in [1.807, 2.05) is 0 Å². The molecule has 3 heteroatoms. The van der Waals surface area contributed by atoms with Crippen LogP contribution in [0.4, 0.5) is 0 Å². The van der Waals surface area contributed by atoms with Crippen LogP contribution in [-0.4, -0.2) is 29.4 Å². The Labute approximate surface area is 123 Å². The van der Waals surface area contributed by atoms with Crippen molar-refractivity contribution in [2.24, 2.45) is 11.1 Å². The van der Waals surface area contributed by atoms with E-state index in [0.717, 1.165) is 25.9 Å². The van der Waals surface area contributed by atoms with Gasteiger partial charge in [0, 0.05) is 25.0 Å². The van der Waals surface area contributed by atoms with Crippen molar-refractivity contribution in [2.75, 3.05) is 13.1 Å². The number of likely N-dealkylation sites (tertiary alicyclic amines) is 1. The highest BCUT2D eigenvalue weighted by molar-refractivity contribution is 5.77. The predicted octanol–water partition coefficient (Wildman–Crippen LogP) is 3.22. The minimum Gasteiger partial charge on any atom is -0.343 e. The van der Waals surface area contributed by atoms with Gasteiger partial charge in [-0.2, -0.15) is 0 Å². The molecule has 0 aromatic carbocycles. The zero-order chi connectivity index (χ0) is 14.1. The molecule has 0 bridgehead atoms. The Balaban J connectivity index is 1.51. The van der Waals surface area contributed by atoms with E-state index in [1.165, 1.54) is 57.8 Å². The molecule has 3 fully saturated rings.